The van der Waals surface area contributed by atoms with E-state index in [4.69, 9.17) is 4.74 Å². The zero-order valence-corrected chi connectivity index (χ0v) is 20.2. The Hall–Kier alpha value is -3.76. The lowest BCUT2D eigenvalue weighted by Gasteiger charge is -2.33. The first-order chi connectivity index (χ1) is 17.8. The lowest BCUT2D eigenvalue weighted by atomic mass is 9.95. The summed E-state index contributed by atoms with van der Waals surface area (Å²) >= 11 is 0. The maximum absolute atomic E-state index is 13.2. The summed E-state index contributed by atoms with van der Waals surface area (Å²) in [6.07, 6.45) is 0.206. The van der Waals surface area contributed by atoms with Crippen LogP contribution in [0.1, 0.15) is 17.5 Å². The molecule has 37 heavy (non-hydrogen) atoms. The van der Waals surface area contributed by atoms with E-state index in [2.05, 4.69) is 5.32 Å². The highest BCUT2D eigenvalue weighted by Gasteiger charge is 2.36. The molecule has 190 valence electrons. The van der Waals surface area contributed by atoms with Crippen LogP contribution in [0, 0.1) is 0 Å². The monoisotopic (exact) mass is 501 g/mol. The SMILES string of the molecule is Cn1cc(C2=C(c3cn(CC(O)[C@H]4C[C@H](O)[C@H](O)CO4)c4ccccc34)C(=O)NC2=O)c2ccccc21. The molecular formula is C28H27N3O6. The van der Waals surface area contributed by atoms with E-state index >= 15 is 0 Å². The van der Waals surface area contributed by atoms with Crippen LogP contribution in [0.2, 0.25) is 0 Å². The lowest BCUT2D eigenvalue weighted by Crippen LogP contribution is -2.46. The number of nitrogens with one attached hydrogen (secondary N) is 1. The van der Waals surface area contributed by atoms with E-state index in [1.807, 2.05) is 70.9 Å². The maximum Gasteiger partial charge on any atom is 0.259 e. The van der Waals surface area contributed by atoms with Gasteiger partial charge in [0.2, 0.25) is 0 Å². The van der Waals surface area contributed by atoms with E-state index in [1.165, 1.54) is 0 Å². The molecule has 4 aromatic rings. The number of carbonyl (C=O) groups excluding carboxylic acids is 2. The number of fused-ring (bicyclic) bond motifs is 2. The number of rotatable bonds is 5. The normalized spacial score (nSPS) is 23.3. The molecule has 1 fully saturated rings. The van der Waals surface area contributed by atoms with E-state index < -0.39 is 36.2 Å². The van der Waals surface area contributed by atoms with Gasteiger partial charge < -0.3 is 29.2 Å². The number of hydrogen-bond donors (Lipinski definition) is 4. The molecular weight excluding hydrogens is 474 g/mol. The molecule has 0 radical (unpaired) electrons. The van der Waals surface area contributed by atoms with Gasteiger partial charge >= 0.3 is 0 Å². The molecule has 1 unspecified atom stereocenters. The number of hydrogen-bond acceptors (Lipinski definition) is 6. The first kappa shape index (κ1) is 23.6. The third kappa shape index (κ3) is 3.87. The van der Waals surface area contributed by atoms with Crippen molar-refractivity contribution in [3.8, 4) is 0 Å². The maximum atomic E-state index is 13.2. The smallest absolute Gasteiger partial charge is 0.259 e. The summed E-state index contributed by atoms with van der Waals surface area (Å²) in [5, 5.41) is 34.8. The van der Waals surface area contributed by atoms with Crippen LogP contribution in [-0.2, 0) is 27.9 Å². The van der Waals surface area contributed by atoms with E-state index in [1.54, 1.807) is 6.20 Å². The molecule has 6 rings (SSSR count). The fourth-order valence-electron chi connectivity index (χ4n) is 5.49. The number of benzene rings is 2. The number of imide groups is 1. The van der Waals surface area contributed by atoms with Gasteiger partial charge in [-0.15, -0.1) is 0 Å². The molecule has 4 heterocycles. The number of para-hydroxylation sites is 2. The van der Waals surface area contributed by atoms with Crippen molar-refractivity contribution in [1.82, 2.24) is 14.5 Å². The Bertz CT molecular complexity index is 1580. The fourth-order valence-corrected chi connectivity index (χ4v) is 5.49. The van der Waals surface area contributed by atoms with Crippen LogP contribution in [0.5, 0.6) is 0 Å². The van der Waals surface area contributed by atoms with Gasteiger partial charge in [-0.2, -0.15) is 0 Å². The van der Waals surface area contributed by atoms with Crippen LogP contribution in [0.15, 0.2) is 60.9 Å². The fraction of sp³-hybridized carbons (Fsp3) is 0.286. The van der Waals surface area contributed by atoms with Crippen LogP contribution in [0.25, 0.3) is 33.0 Å². The largest absolute Gasteiger partial charge is 0.390 e. The molecule has 2 aromatic heterocycles. The number of carbonyl (C=O) groups is 2. The molecule has 0 spiro atoms. The zero-order chi connectivity index (χ0) is 25.8. The average Bonchev–Trinajstić information content (AvgIpc) is 3.51. The Morgan fingerprint density at radius 2 is 1.51 bits per heavy atom. The summed E-state index contributed by atoms with van der Waals surface area (Å²) in [5.41, 5.74) is 3.61. The Balaban J connectivity index is 1.46. The molecule has 0 aliphatic carbocycles. The number of aryl methyl sites for hydroxylation is 1. The molecule has 4 N–H and O–H groups in total. The van der Waals surface area contributed by atoms with Gasteiger partial charge in [0.15, 0.2) is 0 Å². The van der Waals surface area contributed by atoms with Crippen molar-refractivity contribution < 1.29 is 29.6 Å². The van der Waals surface area contributed by atoms with Gasteiger partial charge in [0.05, 0.1) is 42.6 Å². The summed E-state index contributed by atoms with van der Waals surface area (Å²) in [7, 11) is 1.90. The molecule has 0 saturated carbocycles. The summed E-state index contributed by atoms with van der Waals surface area (Å²) < 4.78 is 9.33. The van der Waals surface area contributed by atoms with Gasteiger partial charge in [0.1, 0.15) is 6.10 Å². The highest BCUT2D eigenvalue weighted by Crippen LogP contribution is 2.39. The summed E-state index contributed by atoms with van der Waals surface area (Å²) in [4.78, 5) is 26.3. The standard InChI is InChI=1S/C28H27N3O6/c1-30-11-17(15-6-2-4-8-19(15)30)25-26(28(36)29-27(25)35)18-12-31(20-9-5-3-7-16(18)20)13-22(33)24-10-21(32)23(34)14-37-24/h2-9,11-12,21-24,32-34H,10,13-14H2,1H3,(H,29,35,36)/t21-,22?,23+,24+/m0/s1. The summed E-state index contributed by atoms with van der Waals surface area (Å²) in [6.45, 7) is 0.0879. The topological polar surface area (TPSA) is 126 Å². The minimum atomic E-state index is -0.972. The number of nitrogens with zero attached hydrogens (tertiary/aromatic N) is 2. The van der Waals surface area contributed by atoms with Crippen LogP contribution in [0.4, 0.5) is 0 Å². The highest BCUT2D eigenvalue weighted by molar-refractivity contribution is 6.50. The van der Waals surface area contributed by atoms with Crippen LogP contribution < -0.4 is 5.32 Å². The van der Waals surface area contributed by atoms with Crippen molar-refractivity contribution >= 4 is 44.8 Å². The Labute approximate surface area is 212 Å². The number of aliphatic hydroxyl groups is 3. The minimum absolute atomic E-state index is 0.0515. The molecule has 1 saturated heterocycles. The van der Waals surface area contributed by atoms with Crippen LogP contribution in [-0.4, -0.2) is 67.3 Å². The Morgan fingerprint density at radius 1 is 0.919 bits per heavy atom. The molecule has 2 aromatic carbocycles. The molecule has 9 nitrogen and oxygen atoms in total. The van der Waals surface area contributed by atoms with Gasteiger partial charge in [-0.3, -0.25) is 14.9 Å². The Morgan fingerprint density at radius 3 is 2.19 bits per heavy atom. The quantitative estimate of drug-likeness (QED) is 0.308. The van der Waals surface area contributed by atoms with Gasteiger partial charge in [-0.25, -0.2) is 0 Å². The van der Waals surface area contributed by atoms with Crippen molar-refractivity contribution in [3.63, 3.8) is 0 Å². The molecule has 2 aliphatic rings. The van der Waals surface area contributed by atoms with E-state index in [9.17, 15) is 24.9 Å². The van der Waals surface area contributed by atoms with Crippen molar-refractivity contribution in [3.05, 3.63) is 72.1 Å². The average molecular weight is 502 g/mol. The van der Waals surface area contributed by atoms with Crippen molar-refractivity contribution in [1.29, 1.82) is 0 Å². The number of aliphatic hydroxyl groups excluding tert-OH is 3. The van der Waals surface area contributed by atoms with Crippen LogP contribution >= 0.6 is 0 Å². The highest BCUT2D eigenvalue weighted by atomic mass is 16.5. The zero-order valence-electron chi connectivity index (χ0n) is 20.2. The summed E-state index contributed by atoms with van der Waals surface area (Å²) in [6, 6.07) is 15.2. The Kier molecular flexibility index (Phi) is 5.73. The van der Waals surface area contributed by atoms with E-state index in [0.717, 1.165) is 21.8 Å². The molecule has 2 amide bonds. The van der Waals surface area contributed by atoms with Gasteiger partial charge in [-0.1, -0.05) is 36.4 Å². The second kappa shape index (κ2) is 8.97. The number of ether oxygens (including phenoxy) is 1. The minimum Gasteiger partial charge on any atom is -0.390 e. The van der Waals surface area contributed by atoms with E-state index in [0.29, 0.717) is 22.3 Å². The molecule has 9 heteroatoms. The third-order valence-corrected chi connectivity index (χ3v) is 7.37. The van der Waals surface area contributed by atoms with Gasteiger partial charge in [-0.05, 0) is 12.1 Å². The van der Waals surface area contributed by atoms with E-state index in [-0.39, 0.29) is 19.6 Å². The first-order valence-corrected chi connectivity index (χ1v) is 12.2. The molecule has 2 aliphatic heterocycles. The summed E-state index contributed by atoms with van der Waals surface area (Å²) in [5.74, 6) is -0.916. The predicted molar refractivity (Wildman–Crippen MR) is 137 cm³/mol. The van der Waals surface area contributed by atoms with Gasteiger partial charge in [0, 0.05) is 58.8 Å². The first-order valence-electron chi connectivity index (χ1n) is 12.2. The van der Waals surface area contributed by atoms with Crippen LogP contribution in [0.3, 0.4) is 0 Å². The van der Waals surface area contributed by atoms with Crippen molar-refractivity contribution in [2.75, 3.05) is 6.61 Å². The van der Waals surface area contributed by atoms with Gasteiger partial charge in [0.25, 0.3) is 11.8 Å². The predicted octanol–water partition coefficient (Wildman–Crippen LogP) is 1.57. The number of amides is 2. The lowest BCUT2D eigenvalue weighted by molar-refractivity contribution is -0.152. The molecule has 4 atom stereocenters. The van der Waals surface area contributed by atoms with Crippen molar-refractivity contribution in [2.24, 2.45) is 7.05 Å². The number of aromatic nitrogens is 2. The third-order valence-electron chi connectivity index (χ3n) is 7.37. The van der Waals surface area contributed by atoms with Crippen molar-refractivity contribution in [2.45, 2.75) is 37.4 Å². The molecule has 0 bridgehead atoms. The second-order valence-electron chi connectivity index (χ2n) is 9.73. The second-order valence-corrected chi connectivity index (χ2v) is 9.73.